The zero-order valence-corrected chi connectivity index (χ0v) is 6.71. The molecule has 11 heavy (non-hydrogen) atoms. The van der Waals surface area contributed by atoms with Gasteiger partial charge in [-0.05, 0) is 19.4 Å². The second kappa shape index (κ2) is 3.52. The Morgan fingerprint density at radius 1 is 1.27 bits per heavy atom. The SMILES string of the molecule is C1CCC(C2COCO2)NC1. The lowest BCUT2D eigenvalue weighted by Crippen LogP contribution is -2.44. The fourth-order valence-corrected chi connectivity index (χ4v) is 1.78. The van der Waals surface area contributed by atoms with Gasteiger partial charge in [-0.1, -0.05) is 6.42 Å². The summed E-state index contributed by atoms with van der Waals surface area (Å²) in [6.45, 7) is 2.41. The minimum absolute atomic E-state index is 0.315. The molecule has 2 atom stereocenters. The van der Waals surface area contributed by atoms with Crippen LogP contribution in [0.2, 0.25) is 0 Å². The van der Waals surface area contributed by atoms with Crippen molar-refractivity contribution in [3.63, 3.8) is 0 Å². The molecular weight excluding hydrogens is 142 g/mol. The van der Waals surface area contributed by atoms with Crippen LogP contribution in [-0.2, 0) is 9.47 Å². The molecule has 64 valence electrons. The van der Waals surface area contributed by atoms with E-state index in [0.717, 1.165) is 13.2 Å². The van der Waals surface area contributed by atoms with Gasteiger partial charge in [0.25, 0.3) is 0 Å². The number of hydrogen-bond acceptors (Lipinski definition) is 3. The predicted molar refractivity (Wildman–Crippen MR) is 41.3 cm³/mol. The zero-order valence-electron chi connectivity index (χ0n) is 6.71. The molecule has 0 aromatic heterocycles. The maximum Gasteiger partial charge on any atom is 0.147 e. The predicted octanol–water partition coefficient (Wildman–Crippen LogP) is 0.501. The normalized spacial score (nSPS) is 39.3. The van der Waals surface area contributed by atoms with Gasteiger partial charge in [0.1, 0.15) is 6.79 Å². The Balaban J connectivity index is 1.82. The van der Waals surface area contributed by atoms with Crippen LogP contribution in [0.25, 0.3) is 0 Å². The molecule has 2 unspecified atom stereocenters. The third-order valence-corrected chi connectivity index (χ3v) is 2.44. The zero-order chi connectivity index (χ0) is 7.52. The molecule has 2 saturated heterocycles. The summed E-state index contributed by atoms with van der Waals surface area (Å²) in [7, 11) is 0. The molecule has 2 fully saturated rings. The fraction of sp³-hybridized carbons (Fsp3) is 1.00. The van der Waals surface area contributed by atoms with E-state index >= 15 is 0 Å². The van der Waals surface area contributed by atoms with Crippen LogP contribution >= 0.6 is 0 Å². The Hall–Kier alpha value is -0.120. The van der Waals surface area contributed by atoms with Gasteiger partial charge in [0.2, 0.25) is 0 Å². The average Bonchev–Trinajstić information content (AvgIpc) is 2.58. The van der Waals surface area contributed by atoms with Crippen molar-refractivity contribution in [2.24, 2.45) is 0 Å². The molecule has 2 aliphatic heterocycles. The summed E-state index contributed by atoms with van der Waals surface area (Å²) in [5, 5.41) is 3.46. The average molecular weight is 157 g/mol. The van der Waals surface area contributed by atoms with Crippen molar-refractivity contribution in [3.8, 4) is 0 Å². The summed E-state index contributed by atoms with van der Waals surface area (Å²) in [5.41, 5.74) is 0. The topological polar surface area (TPSA) is 30.5 Å². The van der Waals surface area contributed by atoms with Crippen LogP contribution in [0.3, 0.4) is 0 Å². The molecule has 0 aromatic rings. The smallest absolute Gasteiger partial charge is 0.147 e. The van der Waals surface area contributed by atoms with Crippen molar-refractivity contribution in [1.82, 2.24) is 5.32 Å². The van der Waals surface area contributed by atoms with Crippen LogP contribution in [-0.4, -0.2) is 32.1 Å². The number of hydrogen-bond donors (Lipinski definition) is 1. The van der Waals surface area contributed by atoms with Gasteiger partial charge < -0.3 is 14.8 Å². The van der Waals surface area contributed by atoms with Gasteiger partial charge in [-0.25, -0.2) is 0 Å². The monoisotopic (exact) mass is 157 g/mol. The lowest BCUT2D eigenvalue weighted by atomic mass is 10.0. The van der Waals surface area contributed by atoms with Crippen molar-refractivity contribution in [2.75, 3.05) is 19.9 Å². The molecule has 2 aliphatic rings. The number of nitrogens with one attached hydrogen (secondary N) is 1. The highest BCUT2D eigenvalue weighted by molar-refractivity contribution is 4.81. The van der Waals surface area contributed by atoms with Crippen molar-refractivity contribution < 1.29 is 9.47 Å². The van der Waals surface area contributed by atoms with Gasteiger partial charge in [-0.2, -0.15) is 0 Å². The van der Waals surface area contributed by atoms with E-state index in [2.05, 4.69) is 5.32 Å². The van der Waals surface area contributed by atoms with E-state index in [0.29, 0.717) is 18.9 Å². The Labute approximate surface area is 67.1 Å². The van der Waals surface area contributed by atoms with E-state index < -0.39 is 0 Å². The highest BCUT2D eigenvalue weighted by atomic mass is 16.7. The molecule has 0 amide bonds. The molecule has 2 heterocycles. The number of rotatable bonds is 1. The van der Waals surface area contributed by atoms with E-state index in [1.807, 2.05) is 0 Å². The summed E-state index contributed by atoms with van der Waals surface area (Å²) in [5.74, 6) is 0. The number of ether oxygens (including phenoxy) is 2. The van der Waals surface area contributed by atoms with E-state index in [1.165, 1.54) is 19.3 Å². The van der Waals surface area contributed by atoms with Gasteiger partial charge in [-0.15, -0.1) is 0 Å². The van der Waals surface area contributed by atoms with Crippen LogP contribution in [0, 0.1) is 0 Å². The lowest BCUT2D eigenvalue weighted by Gasteiger charge is -2.26. The Morgan fingerprint density at radius 2 is 2.27 bits per heavy atom. The minimum Gasteiger partial charge on any atom is -0.353 e. The number of piperidine rings is 1. The first-order chi connectivity index (χ1) is 5.47. The van der Waals surface area contributed by atoms with Crippen molar-refractivity contribution >= 4 is 0 Å². The molecule has 0 aliphatic carbocycles. The minimum atomic E-state index is 0.315. The molecule has 0 radical (unpaired) electrons. The first-order valence-corrected chi connectivity index (χ1v) is 4.39. The van der Waals surface area contributed by atoms with Gasteiger partial charge in [-0.3, -0.25) is 0 Å². The van der Waals surface area contributed by atoms with Gasteiger partial charge in [0.05, 0.1) is 12.7 Å². The lowest BCUT2D eigenvalue weighted by molar-refractivity contribution is 0.0319. The quantitative estimate of drug-likeness (QED) is 0.601. The molecule has 0 spiro atoms. The van der Waals surface area contributed by atoms with Gasteiger partial charge in [0, 0.05) is 6.04 Å². The maximum absolute atomic E-state index is 5.41. The Morgan fingerprint density at radius 3 is 2.91 bits per heavy atom. The summed E-state index contributed by atoms with van der Waals surface area (Å²) >= 11 is 0. The van der Waals surface area contributed by atoms with E-state index in [9.17, 15) is 0 Å². The van der Waals surface area contributed by atoms with E-state index in [1.54, 1.807) is 0 Å². The van der Waals surface area contributed by atoms with Crippen LogP contribution in [0.4, 0.5) is 0 Å². The van der Waals surface area contributed by atoms with Crippen LogP contribution in [0.15, 0.2) is 0 Å². The summed E-state index contributed by atoms with van der Waals surface area (Å²) in [6.07, 6.45) is 4.20. The molecule has 3 heteroatoms. The van der Waals surface area contributed by atoms with Gasteiger partial charge >= 0.3 is 0 Å². The first kappa shape index (κ1) is 7.53. The highest BCUT2D eigenvalue weighted by Gasteiger charge is 2.27. The summed E-state index contributed by atoms with van der Waals surface area (Å²) in [6, 6.07) is 0.547. The summed E-state index contributed by atoms with van der Waals surface area (Å²) in [4.78, 5) is 0. The molecule has 2 rings (SSSR count). The molecule has 0 saturated carbocycles. The Bertz CT molecular complexity index is 117. The molecule has 1 N–H and O–H groups in total. The van der Waals surface area contributed by atoms with Crippen molar-refractivity contribution in [3.05, 3.63) is 0 Å². The van der Waals surface area contributed by atoms with E-state index in [4.69, 9.17) is 9.47 Å². The van der Waals surface area contributed by atoms with Crippen LogP contribution < -0.4 is 5.32 Å². The molecule has 0 bridgehead atoms. The Kier molecular flexibility index (Phi) is 2.41. The fourth-order valence-electron chi connectivity index (χ4n) is 1.78. The standard InChI is InChI=1S/C8H15NO2/c1-2-4-9-7(3-1)8-5-10-6-11-8/h7-9H,1-6H2. The molecule has 0 aromatic carbocycles. The second-order valence-corrected chi connectivity index (χ2v) is 3.25. The first-order valence-electron chi connectivity index (χ1n) is 4.39. The third kappa shape index (κ3) is 1.72. The van der Waals surface area contributed by atoms with E-state index in [-0.39, 0.29) is 0 Å². The molecular formula is C8H15NO2. The highest BCUT2D eigenvalue weighted by Crippen LogP contribution is 2.16. The van der Waals surface area contributed by atoms with Crippen molar-refractivity contribution in [2.45, 2.75) is 31.4 Å². The van der Waals surface area contributed by atoms with Crippen molar-refractivity contribution in [1.29, 1.82) is 0 Å². The maximum atomic E-state index is 5.41. The second-order valence-electron chi connectivity index (χ2n) is 3.25. The summed E-state index contributed by atoms with van der Waals surface area (Å²) < 4.78 is 10.6. The largest absolute Gasteiger partial charge is 0.353 e. The van der Waals surface area contributed by atoms with Crippen LogP contribution in [0.1, 0.15) is 19.3 Å². The molecule has 3 nitrogen and oxygen atoms in total. The van der Waals surface area contributed by atoms with Gasteiger partial charge in [0.15, 0.2) is 0 Å². The van der Waals surface area contributed by atoms with Crippen LogP contribution in [0.5, 0.6) is 0 Å². The third-order valence-electron chi connectivity index (χ3n) is 2.44.